The molecule has 18 heavy (non-hydrogen) atoms. The highest BCUT2D eigenvalue weighted by atomic mass is 79.9. The lowest BCUT2D eigenvalue weighted by Crippen LogP contribution is -2.50. The molecule has 1 N–H and O–H groups in total. The van der Waals surface area contributed by atoms with E-state index in [0.29, 0.717) is 10.0 Å². The summed E-state index contributed by atoms with van der Waals surface area (Å²) in [4.78, 5) is 11.8. The maximum absolute atomic E-state index is 13.6. The molecule has 0 atom stereocenters. The van der Waals surface area contributed by atoms with Crippen LogP contribution in [-0.2, 0) is 0 Å². The molecule has 0 saturated heterocycles. The third kappa shape index (κ3) is 2.53. The number of amides is 1. The standard InChI is InChI=1S/C12H11BrF3NO/c1-6-2-3-8(14)9(10(6)13)11(18)17-7-4-12(15,16)5-7/h2-3,7H,4-5H2,1H3,(H,17,18). The number of rotatable bonds is 2. The largest absolute Gasteiger partial charge is 0.349 e. The van der Waals surface area contributed by atoms with E-state index in [1.165, 1.54) is 12.1 Å². The predicted molar refractivity (Wildman–Crippen MR) is 64.3 cm³/mol. The van der Waals surface area contributed by atoms with Crippen LogP contribution in [0, 0.1) is 12.7 Å². The van der Waals surface area contributed by atoms with Gasteiger partial charge in [0.25, 0.3) is 11.8 Å². The Hall–Kier alpha value is -1.04. The van der Waals surface area contributed by atoms with Crippen LogP contribution < -0.4 is 5.32 Å². The Bertz CT molecular complexity index is 496. The number of hydrogen-bond acceptors (Lipinski definition) is 1. The van der Waals surface area contributed by atoms with E-state index in [-0.39, 0.29) is 18.4 Å². The molecule has 1 aliphatic rings. The van der Waals surface area contributed by atoms with Crippen molar-refractivity contribution in [2.45, 2.75) is 31.7 Å². The quantitative estimate of drug-likeness (QED) is 0.888. The summed E-state index contributed by atoms with van der Waals surface area (Å²) >= 11 is 3.13. The number of carbonyl (C=O) groups excluding carboxylic acids is 1. The van der Waals surface area contributed by atoms with Crippen LogP contribution in [0.25, 0.3) is 0 Å². The van der Waals surface area contributed by atoms with Gasteiger partial charge in [-0.3, -0.25) is 4.79 Å². The summed E-state index contributed by atoms with van der Waals surface area (Å²) < 4.78 is 39.2. The zero-order valence-electron chi connectivity index (χ0n) is 9.57. The van der Waals surface area contributed by atoms with Gasteiger partial charge in [-0.15, -0.1) is 0 Å². The zero-order valence-corrected chi connectivity index (χ0v) is 11.2. The summed E-state index contributed by atoms with van der Waals surface area (Å²) in [5.41, 5.74) is 0.575. The molecule has 0 aliphatic heterocycles. The lowest BCUT2D eigenvalue weighted by Gasteiger charge is -2.35. The van der Waals surface area contributed by atoms with Crippen molar-refractivity contribution in [3.63, 3.8) is 0 Å². The summed E-state index contributed by atoms with van der Waals surface area (Å²) in [5.74, 6) is -4.04. The molecule has 0 spiro atoms. The van der Waals surface area contributed by atoms with Gasteiger partial charge < -0.3 is 5.32 Å². The molecule has 0 bridgehead atoms. The van der Waals surface area contributed by atoms with Crippen molar-refractivity contribution in [2.24, 2.45) is 0 Å². The van der Waals surface area contributed by atoms with Crippen LogP contribution in [0.15, 0.2) is 16.6 Å². The van der Waals surface area contributed by atoms with Crippen LogP contribution in [0.3, 0.4) is 0 Å². The molecule has 2 rings (SSSR count). The van der Waals surface area contributed by atoms with Crippen molar-refractivity contribution in [3.05, 3.63) is 33.5 Å². The van der Waals surface area contributed by atoms with E-state index >= 15 is 0 Å². The highest BCUT2D eigenvalue weighted by molar-refractivity contribution is 9.10. The fourth-order valence-electron chi connectivity index (χ4n) is 1.89. The van der Waals surface area contributed by atoms with Crippen LogP contribution in [0.4, 0.5) is 13.2 Å². The number of hydrogen-bond donors (Lipinski definition) is 1. The minimum Gasteiger partial charge on any atom is -0.349 e. The monoisotopic (exact) mass is 321 g/mol. The summed E-state index contributed by atoms with van der Waals surface area (Å²) in [6, 6.07) is 2.14. The van der Waals surface area contributed by atoms with Gasteiger partial charge in [0.15, 0.2) is 0 Å². The third-order valence-corrected chi connectivity index (χ3v) is 3.96. The highest BCUT2D eigenvalue weighted by Gasteiger charge is 2.46. The molecule has 0 aromatic heterocycles. The summed E-state index contributed by atoms with van der Waals surface area (Å²) in [6.07, 6.45) is -0.770. The molecule has 98 valence electrons. The van der Waals surface area contributed by atoms with Gasteiger partial charge in [-0.05, 0) is 34.5 Å². The second kappa shape index (κ2) is 4.57. The lowest BCUT2D eigenvalue weighted by atomic mass is 9.88. The molecule has 1 aromatic rings. The van der Waals surface area contributed by atoms with Gasteiger partial charge in [-0.25, -0.2) is 13.2 Å². The van der Waals surface area contributed by atoms with E-state index < -0.39 is 23.7 Å². The van der Waals surface area contributed by atoms with Gasteiger partial charge in [0.1, 0.15) is 5.82 Å². The van der Waals surface area contributed by atoms with Crippen molar-refractivity contribution in [1.82, 2.24) is 5.32 Å². The number of halogens is 4. The molecule has 6 heteroatoms. The molecular formula is C12H11BrF3NO. The first-order valence-electron chi connectivity index (χ1n) is 5.43. The van der Waals surface area contributed by atoms with Crippen molar-refractivity contribution in [2.75, 3.05) is 0 Å². The Kier molecular flexibility index (Phi) is 3.40. The molecular weight excluding hydrogens is 311 g/mol. The smallest absolute Gasteiger partial charge is 0.255 e. The van der Waals surface area contributed by atoms with Gasteiger partial charge in [-0.2, -0.15) is 0 Å². The maximum atomic E-state index is 13.6. The fraction of sp³-hybridized carbons (Fsp3) is 0.417. The number of aryl methyl sites for hydroxylation is 1. The SMILES string of the molecule is Cc1ccc(F)c(C(=O)NC2CC(F)(F)C2)c1Br. The topological polar surface area (TPSA) is 29.1 Å². The average Bonchev–Trinajstić information content (AvgIpc) is 2.21. The Morgan fingerprint density at radius 3 is 2.61 bits per heavy atom. The van der Waals surface area contributed by atoms with Crippen LogP contribution in [0.5, 0.6) is 0 Å². The van der Waals surface area contributed by atoms with E-state index in [0.717, 1.165) is 0 Å². The molecule has 1 amide bonds. The zero-order chi connectivity index (χ0) is 13.5. The van der Waals surface area contributed by atoms with Crippen LogP contribution in [-0.4, -0.2) is 17.9 Å². The average molecular weight is 322 g/mol. The highest BCUT2D eigenvalue weighted by Crippen LogP contribution is 2.37. The van der Waals surface area contributed by atoms with Gasteiger partial charge in [0.05, 0.1) is 5.56 Å². The number of benzene rings is 1. The van der Waals surface area contributed by atoms with Crippen LogP contribution in [0.2, 0.25) is 0 Å². The van der Waals surface area contributed by atoms with E-state index in [4.69, 9.17) is 0 Å². The number of carbonyl (C=O) groups is 1. The van der Waals surface area contributed by atoms with E-state index in [2.05, 4.69) is 21.2 Å². The normalized spacial score (nSPS) is 18.3. The summed E-state index contributed by atoms with van der Waals surface area (Å²) in [7, 11) is 0. The molecule has 0 radical (unpaired) electrons. The second-order valence-corrected chi connectivity index (χ2v) is 5.28. The van der Waals surface area contributed by atoms with Crippen LogP contribution >= 0.6 is 15.9 Å². The molecule has 0 unspecified atom stereocenters. The number of nitrogens with one attached hydrogen (secondary N) is 1. The minimum atomic E-state index is -2.71. The number of alkyl halides is 2. The van der Waals surface area contributed by atoms with Gasteiger partial charge in [-0.1, -0.05) is 6.07 Å². The summed E-state index contributed by atoms with van der Waals surface area (Å²) in [6.45, 7) is 1.72. The second-order valence-electron chi connectivity index (χ2n) is 4.49. The van der Waals surface area contributed by atoms with Gasteiger partial charge in [0.2, 0.25) is 0 Å². The Morgan fingerprint density at radius 1 is 1.44 bits per heavy atom. The predicted octanol–water partition coefficient (Wildman–Crippen LogP) is 3.42. The molecule has 0 heterocycles. The first-order chi connectivity index (χ1) is 8.30. The van der Waals surface area contributed by atoms with Crippen molar-refractivity contribution < 1.29 is 18.0 Å². The van der Waals surface area contributed by atoms with Crippen molar-refractivity contribution >= 4 is 21.8 Å². The first kappa shape index (κ1) is 13.4. The van der Waals surface area contributed by atoms with Gasteiger partial charge >= 0.3 is 0 Å². The maximum Gasteiger partial charge on any atom is 0.255 e. The van der Waals surface area contributed by atoms with Crippen molar-refractivity contribution in [3.8, 4) is 0 Å². The van der Waals surface area contributed by atoms with E-state index in [1.54, 1.807) is 6.92 Å². The molecule has 1 aromatic carbocycles. The molecule has 1 fully saturated rings. The minimum absolute atomic E-state index is 0.134. The molecule has 2 nitrogen and oxygen atoms in total. The van der Waals surface area contributed by atoms with Crippen LogP contribution in [0.1, 0.15) is 28.8 Å². The Balaban J connectivity index is 2.13. The Labute approximate surface area is 111 Å². The van der Waals surface area contributed by atoms with E-state index in [1.807, 2.05) is 0 Å². The van der Waals surface area contributed by atoms with E-state index in [9.17, 15) is 18.0 Å². The van der Waals surface area contributed by atoms with Gasteiger partial charge in [0, 0.05) is 23.4 Å². The molecule has 1 saturated carbocycles. The molecule has 1 aliphatic carbocycles. The fourth-order valence-corrected chi connectivity index (χ4v) is 2.39. The first-order valence-corrected chi connectivity index (χ1v) is 6.23. The Morgan fingerprint density at radius 2 is 2.06 bits per heavy atom. The van der Waals surface area contributed by atoms with Crippen molar-refractivity contribution in [1.29, 1.82) is 0 Å². The lowest BCUT2D eigenvalue weighted by molar-refractivity contribution is -0.0901. The third-order valence-electron chi connectivity index (χ3n) is 2.94. The summed E-state index contributed by atoms with van der Waals surface area (Å²) in [5, 5.41) is 2.41.